The van der Waals surface area contributed by atoms with Crippen LogP contribution in [0, 0.1) is 24.0 Å². The molecular formula is C29H22N6O5S2. The van der Waals surface area contributed by atoms with Crippen molar-refractivity contribution < 1.29 is 19.6 Å². The molecule has 0 bridgehead atoms. The van der Waals surface area contributed by atoms with Gasteiger partial charge in [-0.3, -0.25) is 29.0 Å². The normalized spacial score (nSPS) is 16.4. The predicted molar refractivity (Wildman–Crippen MR) is 158 cm³/mol. The van der Waals surface area contributed by atoms with E-state index >= 15 is 0 Å². The summed E-state index contributed by atoms with van der Waals surface area (Å²) < 4.78 is 2.22. The first-order valence-electron chi connectivity index (χ1n) is 12.7. The molecule has 3 aromatic heterocycles. The number of nitrogens with zero attached hydrogens (tertiary/aromatic N) is 6. The zero-order chi connectivity index (χ0) is 29.5. The van der Waals surface area contributed by atoms with Gasteiger partial charge in [-0.05, 0) is 49.2 Å². The van der Waals surface area contributed by atoms with E-state index in [4.69, 9.17) is 0 Å². The average Bonchev–Trinajstić information content (AvgIpc) is 3.66. The summed E-state index contributed by atoms with van der Waals surface area (Å²) >= 11 is 2.59. The highest BCUT2D eigenvalue weighted by atomic mass is 32.2. The molecule has 13 heteroatoms. The van der Waals surface area contributed by atoms with Crippen molar-refractivity contribution in [1.29, 1.82) is 0 Å². The van der Waals surface area contributed by atoms with Gasteiger partial charge in [0.25, 0.3) is 11.5 Å². The Morgan fingerprint density at radius 3 is 2.50 bits per heavy atom. The van der Waals surface area contributed by atoms with Gasteiger partial charge >= 0.3 is 5.91 Å². The maximum absolute atomic E-state index is 13.6. The van der Waals surface area contributed by atoms with Gasteiger partial charge in [-0.15, -0.1) is 10.2 Å². The van der Waals surface area contributed by atoms with Gasteiger partial charge in [0.2, 0.25) is 5.13 Å². The largest absolute Gasteiger partial charge is 0.505 e. The molecule has 0 aliphatic carbocycles. The van der Waals surface area contributed by atoms with E-state index < -0.39 is 28.4 Å². The number of aryl methyl sites for hydroxylation is 2. The first kappa shape index (κ1) is 27.3. The maximum Gasteiger partial charge on any atom is 0.301 e. The molecule has 1 unspecified atom stereocenters. The molecule has 2 aromatic carbocycles. The Hall–Kier alpha value is -4.88. The molecule has 0 spiro atoms. The number of nitro benzene ring substituents is 1. The highest BCUT2D eigenvalue weighted by molar-refractivity contribution is 8.00. The number of hydrogen-bond acceptors (Lipinski definition) is 10. The standard InChI is InChI=1S/C29H22N6O5S2/c1-16-6-8-18(9-7-16)15-41-29-32-31-28(42-29)34-24(19-10-12-20(13-11-19)35(39)40)22(26(37)27(34)38)25(36)23-17(2)30-21-5-3-4-14-33(21)23/h3-14,24,36H,15H2,1-2H3/b25-22+. The molecular weight excluding hydrogens is 576 g/mol. The Kier molecular flexibility index (Phi) is 7.04. The number of non-ortho nitro benzene ring substituents is 1. The van der Waals surface area contributed by atoms with Gasteiger partial charge in [0, 0.05) is 24.1 Å². The summed E-state index contributed by atoms with van der Waals surface area (Å²) in [7, 11) is 0. The van der Waals surface area contributed by atoms with Crippen molar-refractivity contribution in [3.8, 4) is 0 Å². The summed E-state index contributed by atoms with van der Waals surface area (Å²) in [5, 5.41) is 31.6. The molecule has 0 radical (unpaired) electrons. The van der Waals surface area contributed by atoms with E-state index in [1.165, 1.54) is 40.9 Å². The van der Waals surface area contributed by atoms with Crippen molar-refractivity contribution in [1.82, 2.24) is 19.6 Å². The molecule has 1 atom stereocenters. The van der Waals surface area contributed by atoms with Gasteiger partial charge < -0.3 is 5.11 Å². The SMILES string of the molecule is Cc1ccc(CSc2nnc(N3C(=O)C(=O)/C(=C(/O)c4c(C)nc5ccccn45)C3c3ccc([N+](=O)[O-])cc3)s2)cc1. The zero-order valence-electron chi connectivity index (χ0n) is 22.3. The van der Waals surface area contributed by atoms with Crippen LogP contribution in [0.2, 0.25) is 0 Å². The number of aliphatic hydroxyl groups is 1. The summed E-state index contributed by atoms with van der Waals surface area (Å²) in [6.45, 7) is 3.71. The lowest BCUT2D eigenvalue weighted by Crippen LogP contribution is -2.29. The predicted octanol–water partition coefficient (Wildman–Crippen LogP) is 5.63. The number of carbonyl (C=O) groups excluding carboxylic acids is 2. The molecule has 1 aliphatic rings. The highest BCUT2D eigenvalue weighted by Crippen LogP contribution is 2.44. The number of hydrogen-bond donors (Lipinski definition) is 1. The van der Waals surface area contributed by atoms with Gasteiger partial charge in [0.1, 0.15) is 11.3 Å². The van der Waals surface area contributed by atoms with Gasteiger partial charge in [-0.2, -0.15) is 0 Å². The molecule has 1 amide bonds. The van der Waals surface area contributed by atoms with Crippen molar-refractivity contribution in [3.05, 3.63) is 117 Å². The summed E-state index contributed by atoms with van der Waals surface area (Å²) in [6.07, 6.45) is 1.70. The molecule has 1 N–H and O–H groups in total. The number of thioether (sulfide) groups is 1. The first-order valence-corrected chi connectivity index (χ1v) is 14.5. The molecule has 4 heterocycles. The molecule has 1 fully saturated rings. The Labute approximate surface area is 247 Å². The minimum absolute atomic E-state index is 0.154. The third-order valence-corrected chi connectivity index (χ3v) is 9.00. The van der Waals surface area contributed by atoms with E-state index in [2.05, 4.69) is 15.2 Å². The van der Waals surface area contributed by atoms with Crippen LogP contribution in [0.1, 0.15) is 34.1 Å². The average molecular weight is 599 g/mol. The molecule has 42 heavy (non-hydrogen) atoms. The number of pyridine rings is 1. The number of rotatable bonds is 7. The van der Waals surface area contributed by atoms with Crippen molar-refractivity contribution in [2.24, 2.45) is 0 Å². The maximum atomic E-state index is 13.6. The fourth-order valence-electron chi connectivity index (χ4n) is 4.84. The van der Waals surface area contributed by atoms with Crippen molar-refractivity contribution in [2.75, 3.05) is 4.90 Å². The monoisotopic (exact) mass is 598 g/mol. The number of imidazole rings is 1. The van der Waals surface area contributed by atoms with E-state index in [9.17, 15) is 24.8 Å². The van der Waals surface area contributed by atoms with E-state index in [0.29, 0.717) is 27.0 Å². The highest BCUT2D eigenvalue weighted by Gasteiger charge is 2.49. The van der Waals surface area contributed by atoms with E-state index in [0.717, 1.165) is 22.5 Å². The Balaban J connectivity index is 1.44. The number of anilines is 1. The Morgan fingerprint density at radius 1 is 1.05 bits per heavy atom. The van der Waals surface area contributed by atoms with Crippen LogP contribution in [-0.2, 0) is 15.3 Å². The van der Waals surface area contributed by atoms with Crippen LogP contribution in [0.5, 0.6) is 0 Å². The summed E-state index contributed by atoms with van der Waals surface area (Å²) in [4.78, 5) is 43.6. The lowest BCUT2D eigenvalue weighted by atomic mass is 9.96. The van der Waals surface area contributed by atoms with Gasteiger partial charge in [-0.25, -0.2) is 4.98 Å². The van der Waals surface area contributed by atoms with E-state index in [-0.39, 0.29) is 22.1 Å². The third kappa shape index (κ3) is 4.82. The minimum atomic E-state index is -1.11. The second-order valence-electron chi connectivity index (χ2n) is 9.62. The minimum Gasteiger partial charge on any atom is -0.505 e. The van der Waals surface area contributed by atoms with Crippen molar-refractivity contribution >= 4 is 57.0 Å². The quantitative estimate of drug-likeness (QED) is 0.0479. The van der Waals surface area contributed by atoms with Crippen molar-refractivity contribution in [2.45, 2.75) is 30.0 Å². The van der Waals surface area contributed by atoms with Crippen LogP contribution in [0.15, 0.2) is 82.8 Å². The molecule has 5 aromatic rings. The number of nitro groups is 1. The van der Waals surface area contributed by atoms with Crippen LogP contribution < -0.4 is 4.90 Å². The molecule has 1 aliphatic heterocycles. The van der Waals surface area contributed by atoms with E-state index in [1.54, 1.807) is 35.7 Å². The molecule has 210 valence electrons. The Bertz CT molecular complexity index is 1900. The lowest BCUT2D eigenvalue weighted by Gasteiger charge is -2.22. The van der Waals surface area contributed by atoms with Gasteiger partial charge in [-0.1, -0.05) is 59.0 Å². The van der Waals surface area contributed by atoms with Gasteiger partial charge in [0.15, 0.2) is 10.1 Å². The molecule has 0 saturated carbocycles. The Morgan fingerprint density at radius 2 is 1.79 bits per heavy atom. The second-order valence-corrected chi connectivity index (χ2v) is 11.8. The lowest BCUT2D eigenvalue weighted by molar-refractivity contribution is -0.384. The number of Topliss-reactive ketones (excluding diaryl/α,β-unsaturated/α-hetero) is 1. The molecule has 1 saturated heterocycles. The van der Waals surface area contributed by atoms with Crippen LogP contribution >= 0.6 is 23.1 Å². The van der Waals surface area contributed by atoms with Gasteiger partial charge in [0.05, 0.1) is 22.2 Å². The van der Waals surface area contributed by atoms with Crippen LogP contribution in [0.4, 0.5) is 10.8 Å². The smallest absolute Gasteiger partial charge is 0.301 e. The number of aliphatic hydroxyl groups excluding tert-OH is 1. The number of fused-ring (bicyclic) bond motifs is 1. The first-order chi connectivity index (χ1) is 20.2. The van der Waals surface area contributed by atoms with Crippen LogP contribution in [0.3, 0.4) is 0 Å². The number of carbonyl (C=O) groups is 2. The summed E-state index contributed by atoms with van der Waals surface area (Å²) in [5.41, 5.74) is 3.58. The molecule has 11 nitrogen and oxygen atoms in total. The number of ketones is 1. The van der Waals surface area contributed by atoms with E-state index in [1.807, 2.05) is 31.2 Å². The van der Waals surface area contributed by atoms with Crippen molar-refractivity contribution in [3.63, 3.8) is 0 Å². The summed E-state index contributed by atoms with van der Waals surface area (Å²) in [5.74, 6) is -1.58. The second kappa shape index (κ2) is 10.8. The fraction of sp³-hybridized carbons (Fsp3) is 0.138. The third-order valence-electron chi connectivity index (χ3n) is 6.88. The topological polar surface area (TPSA) is 144 Å². The zero-order valence-corrected chi connectivity index (χ0v) is 23.9. The summed E-state index contributed by atoms with van der Waals surface area (Å²) in [6, 6.07) is 17.8. The number of amides is 1. The van der Waals surface area contributed by atoms with Crippen LogP contribution in [0.25, 0.3) is 11.4 Å². The number of benzene rings is 2. The van der Waals surface area contributed by atoms with Crippen LogP contribution in [-0.4, -0.2) is 41.3 Å². The molecule has 6 rings (SSSR count). The number of aromatic nitrogens is 4. The fourth-order valence-corrected chi connectivity index (χ4v) is 6.66.